The van der Waals surface area contributed by atoms with E-state index in [1.807, 2.05) is 0 Å². The zero-order chi connectivity index (χ0) is 9.07. The van der Waals surface area contributed by atoms with Crippen molar-refractivity contribution >= 4 is 0 Å². The van der Waals surface area contributed by atoms with E-state index in [1.54, 1.807) is 6.92 Å². The van der Waals surface area contributed by atoms with Gasteiger partial charge in [-0.3, -0.25) is 0 Å². The van der Waals surface area contributed by atoms with Crippen LogP contribution in [0.5, 0.6) is 0 Å². The lowest BCUT2D eigenvalue weighted by Crippen LogP contribution is -2.45. The van der Waals surface area contributed by atoms with Gasteiger partial charge in [-0.2, -0.15) is 0 Å². The lowest BCUT2D eigenvalue weighted by molar-refractivity contribution is -0.0959. The Bertz CT molecular complexity index is 114. The maximum absolute atomic E-state index is 9.29. The third-order valence-corrected chi connectivity index (χ3v) is 1.63. The van der Waals surface area contributed by atoms with Crippen LogP contribution in [0, 0.1) is 0 Å². The highest BCUT2D eigenvalue weighted by atomic mass is 16.4. The summed E-state index contributed by atoms with van der Waals surface area (Å²) in [6.07, 6.45) is -0.680. The van der Waals surface area contributed by atoms with E-state index in [-0.39, 0.29) is 12.5 Å². The summed E-state index contributed by atoms with van der Waals surface area (Å²) in [6.45, 7) is 2.65. The molecule has 0 aromatic heterocycles. The monoisotopic (exact) mass is 163 g/mol. The van der Waals surface area contributed by atoms with Gasteiger partial charge >= 0.3 is 0 Å². The molecule has 3 atom stereocenters. The van der Waals surface area contributed by atoms with Gasteiger partial charge in [0, 0.05) is 6.04 Å². The highest BCUT2D eigenvalue weighted by Gasteiger charge is 2.29. The lowest BCUT2D eigenvalue weighted by Gasteiger charge is -2.27. The van der Waals surface area contributed by atoms with E-state index in [2.05, 4.69) is 0 Å². The van der Waals surface area contributed by atoms with Crippen molar-refractivity contribution in [2.75, 3.05) is 6.61 Å². The van der Waals surface area contributed by atoms with Crippen LogP contribution in [0.25, 0.3) is 0 Å². The normalized spacial score (nSPS) is 22.4. The minimum absolute atomic E-state index is 0.178. The van der Waals surface area contributed by atoms with Gasteiger partial charge in [-0.1, -0.05) is 0 Å². The highest BCUT2D eigenvalue weighted by molar-refractivity contribution is 4.82. The molecule has 0 heterocycles. The van der Waals surface area contributed by atoms with E-state index in [9.17, 15) is 10.2 Å². The minimum Gasteiger partial charge on any atom is -0.393 e. The van der Waals surface area contributed by atoms with Crippen LogP contribution >= 0.6 is 0 Å². The zero-order valence-electron chi connectivity index (χ0n) is 6.99. The first-order valence-electron chi connectivity index (χ1n) is 3.67. The minimum atomic E-state index is -1.44. The van der Waals surface area contributed by atoms with Gasteiger partial charge in [0.2, 0.25) is 0 Å². The van der Waals surface area contributed by atoms with Crippen LogP contribution in [-0.4, -0.2) is 39.7 Å². The van der Waals surface area contributed by atoms with Gasteiger partial charge < -0.3 is 21.1 Å². The molecule has 4 nitrogen and oxygen atoms in total. The summed E-state index contributed by atoms with van der Waals surface area (Å²) in [7, 11) is 0. The van der Waals surface area contributed by atoms with Gasteiger partial charge in [0.25, 0.3) is 0 Å². The van der Waals surface area contributed by atoms with Crippen LogP contribution in [-0.2, 0) is 0 Å². The second-order valence-corrected chi connectivity index (χ2v) is 3.24. The van der Waals surface area contributed by atoms with Gasteiger partial charge in [-0.15, -0.1) is 0 Å². The topological polar surface area (TPSA) is 86.7 Å². The molecular weight excluding hydrogens is 146 g/mol. The van der Waals surface area contributed by atoms with Crippen molar-refractivity contribution in [2.45, 2.75) is 38.0 Å². The van der Waals surface area contributed by atoms with E-state index in [4.69, 9.17) is 10.8 Å². The Morgan fingerprint density at radius 2 is 2.00 bits per heavy atom. The largest absolute Gasteiger partial charge is 0.393 e. The van der Waals surface area contributed by atoms with Crippen LogP contribution < -0.4 is 5.73 Å². The van der Waals surface area contributed by atoms with Crippen LogP contribution in [0.2, 0.25) is 0 Å². The Labute approximate surface area is 66.7 Å². The van der Waals surface area contributed by atoms with E-state index < -0.39 is 18.3 Å². The van der Waals surface area contributed by atoms with Gasteiger partial charge in [0.1, 0.15) is 5.60 Å². The molecule has 11 heavy (non-hydrogen) atoms. The fourth-order valence-corrected chi connectivity index (χ4v) is 0.711. The Morgan fingerprint density at radius 3 is 2.27 bits per heavy atom. The number of nitrogens with two attached hydrogens (primary N) is 1. The number of rotatable bonds is 4. The molecule has 0 fully saturated rings. The van der Waals surface area contributed by atoms with Gasteiger partial charge in [0.05, 0.1) is 12.7 Å². The van der Waals surface area contributed by atoms with E-state index in [1.165, 1.54) is 6.92 Å². The Hall–Kier alpha value is -0.160. The third kappa shape index (κ3) is 3.67. The summed E-state index contributed by atoms with van der Waals surface area (Å²) < 4.78 is 0. The van der Waals surface area contributed by atoms with Crippen molar-refractivity contribution in [1.82, 2.24) is 0 Å². The molecule has 0 rings (SSSR count). The standard InChI is InChI=1S/C7H17NO3/c1-5(8)3-6(10)7(2,11)4-9/h5-6,9-11H,3-4,8H2,1-2H3. The second kappa shape index (κ2) is 4.01. The van der Waals surface area contributed by atoms with Crippen molar-refractivity contribution < 1.29 is 15.3 Å². The summed E-state index contributed by atoms with van der Waals surface area (Å²) in [6, 6.07) is -0.178. The van der Waals surface area contributed by atoms with Gasteiger partial charge in [-0.05, 0) is 20.3 Å². The number of aliphatic hydroxyl groups excluding tert-OH is 2. The fourth-order valence-electron chi connectivity index (χ4n) is 0.711. The van der Waals surface area contributed by atoms with Crippen LogP contribution in [0.15, 0.2) is 0 Å². The molecule has 4 heteroatoms. The molecule has 0 aliphatic heterocycles. The summed E-state index contributed by atoms with van der Waals surface area (Å²) in [5.41, 5.74) is 3.96. The van der Waals surface area contributed by atoms with Crippen molar-refractivity contribution in [3.63, 3.8) is 0 Å². The predicted molar refractivity (Wildman–Crippen MR) is 42.0 cm³/mol. The molecule has 0 aromatic carbocycles. The van der Waals surface area contributed by atoms with Crippen LogP contribution in [0.4, 0.5) is 0 Å². The SMILES string of the molecule is CC(N)CC(O)C(C)(O)CO. The Morgan fingerprint density at radius 1 is 1.55 bits per heavy atom. The number of aliphatic hydroxyl groups is 3. The molecule has 0 aliphatic carbocycles. The summed E-state index contributed by atoms with van der Waals surface area (Å²) >= 11 is 0. The number of hydrogen-bond donors (Lipinski definition) is 4. The fraction of sp³-hybridized carbons (Fsp3) is 1.00. The van der Waals surface area contributed by atoms with E-state index in [0.717, 1.165) is 0 Å². The van der Waals surface area contributed by atoms with E-state index >= 15 is 0 Å². The van der Waals surface area contributed by atoms with Gasteiger partial charge in [-0.25, -0.2) is 0 Å². The third-order valence-electron chi connectivity index (χ3n) is 1.63. The second-order valence-electron chi connectivity index (χ2n) is 3.24. The predicted octanol–water partition coefficient (Wildman–Crippen LogP) is -1.17. The molecule has 68 valence electrons. The maximum atomic E-state index is 9.29. The highest BCUT2D eigenvalue weighted by Crippen LogP contribution is 2.12. The molecule has 3 unspecified atom stereocenters. The molecule has 0 aromatic rings. The molecule has 5 N–H and O–H groups in total. The zero-order valence-corrected chi connectivity index (χ0v) is 6.99. The summed E-state index contributed by atoms with van der Waals surface area (Å²) in [4.78, 5) is 0. The number of hydrogen-bond acceptors (Lipinski definition) is 4. The summed E-state index contributed by atoms with van der Waals surface area (Å²) in [5, 5.41) is 27.2. The molecule has 0 saturated heterocycles. The lowest BCUT2D eigenvalue weighted by atomic mass is 9.95. The van der Waals surface area contributed by atoms with E-state index in [0.29, 0.717) is 0 Å². The summed E-state index contributed by atoms with van der Waals surface area (Å²) in [5.74, 6) is 0. The van der Waals surface area contributed by atoms with Gasteiger partial charge in [0.15, 0.2) is 0 Å². The first-order valence-corrected chi connectivity index (χ1v) is 3.67. The molecule has 0 bridgehead atoms. The first kappa shape index (κ1) is 10.8. The molecular formula is C7H17NO3. The molecule has 0 radical (unpaired) electrons. The molecule has 0 spiro atoms. The Kier molecular flexibility index (Phi) is 3.96. The molecule has 0 saturated carbocycles. The van der Waals surface area contributed by atoms with Crippen molar-refractivity contribution in [3.05, 3.63) is 0 Å². The quantitative estimate of drug-likeness (QED) is 0.420. The van der Waals surface area contributed by atoms with Crippen molar-refractivity contribution in [1.29, 1.82) is 0 Å². The van der Waals surface area contributed by atoms with Crippen LogP contribution in [0.1, 0.15) is 20.3 Å². The molecule has 0 aliphatic rings. The average molecular weight is 163 g/mol. The van der Waals surface area contributed by atoms with Crippen LogP contribution in [0.3, 0.4) is 0 Å². The first-order chi connectivity index (χ1) is 4.90. The van der Waals surface area contributed by atoms with Crippen molar-refractivity contribution in [3.8, 4) is 0 Å². The molecule has 0 amide bonds. The Balaban J connectivity index is 3.90. The smallest absolute Gasteiger partial charge is 0.111 e. The maximum Gasteiger partial charge on any atom is 0.111 e. The van der Waals surface area contributed by atoms with Crippen molar-refractivity contribution in [2.24, 2.45) is 5.73 Å². The average Bonchev–Trinajstić information content (AvgIpc) is 1.86.